The smallest absolute Gasteiger partial charge is 0.122 e. The first-order valence-electron chi connectivity index (χ1n) is 16.6. The van der Waals surface area contributed by atoms with Crippen LogP contribution in [0.1, 0.15) is 156 Å². The molecular formula is C38H66O2. The van der Waals surface area contributed by atoms with Gasteiger partial charge in [0.25, 0.3) is 0 Å². The van der Waals surface area contributed by atoms with E-state index in [9.17, 15) is 0 Å². The van der Waals surface area contributed by atoms with Gasteiger partial charge in [0.2, 0.25) is 0 Å². The molecule has 2 rings (SSSR count). The van der Waals surface area contributed by atoms with Crippen LogP contribution in [0.3, 0.4) is 0 Å². The average molecular weight is 555 g/mol. The van der Waals surface area contributed by atoms with E-state index in [1.54, 1.807) is 0 Å². The summed E-state index contributed by atoms with van der Waals surface area (Å²) in [4.78, 5) is 0. The van der Waals surface area contributed by atoms with E-state index in [0.717, 1.165) is 37.6 Å². The normalized spacial score (nSPS) is 11.2. The maximum Gasteiger partial charge on any atom is 0.122 e. The molecule has 40 heavy (non-hydrogen) atoms. The van der Waals surface area contributed by atoms with Gasteiger partial charge in [-0.1, -0.05) is 132 Å². The molecule has 0 saturated heterocycles. The molecule has 0 unspecified atom stereocenters. The first-order chi connectivity index (χ1) is 19.1. The largest absolute Gasteiger partial charge is 0.493 e. The summed E-state index contributed by atoms with van der Waals surface area (Å²) < 4.78 is 12.2. The molecule has 0 heterocycles. The highest BCUT2D eigenvalue weighted by atomic mass is 16.5. The summed E-state index contributed by atoms with van der Waals surface area (Å²) in [5, 5.41) is 0. The molecule has 0 aliphatic heterocycles. The summed E-state index contributed by atoms with van der Waals surface area (Å²) in [6.45, 7) is 27.8. The van der Waals surface area contributed by atoms with Crippen molar-refractivity contribution in [2.24, 2.45) is 0 Å². The molecule has 0 radical (unpaired) electrons. The first kappa shape index (κ1) is 38.0. The molecule has 0 fully saturated rings. The molecule has 2 nitrogen and oxygen atoms in total. The van der Waals surface area contributed by atoms with E-state index in [1.807, 2.05) is 27.7 Å². The summed E-state index contributed by atoms with van der Waals surface area (Å²) in [5.74, 6) is 2.02. The Kier molecular flexibility index (Phi) is 19.8. The third-order valence-electron chi connectivity index (χ3n) is 7.78. The fourth-order valence-corrected chi connectivity index (χ4v) is 4.96. The third kappa shape index (κ3) is 13.6. The van der Waals surface area contributed by atoms with Crippen LogP contribution in [-0.4, -0.2) is 13.2 Å². The van der Waals surface area contributed by atoms with Crippen LogP contribution in [0.5, 0.6) is 11.5 Å². The van der Waals surface area contributed by atoms with Crippen molar-refractivity contribution in [1.29, 1.82) is 0 Å². The SMILES string of the molecule is CC.CC.CCCCCC(C)(C)c1ccc(OCCCCOc2ccc(C(C)(C)CCCCC)cc2C)c(C)c1. The Hall–Kier alpha value is -1.96. The van der Waals surface area contributed by atoms with Gasteiger partial charge >= 0.3 is 0 Å². The quantitative estimate of drug-likeness (QED) is 0.181. The molecule has 0 atom stereocenters. The maximum atomic E-state index is 6.12. The van der Waals surface area contributed by atoms with Crippen molar-refractivity contribution in [3.8, 4) is 11.5 Å². The van der Waals surface area contributed by atoms with Crippen LogP contribution in [0.4, 0.5) is 0 Å². The third-order valence-corrected chi connectivity index (χ3v) is 7.78. The minimum absolute atomic E-state index is 0.219. The predicted molar refractivity (Wildman–Crippen MR) is 180 cm³/mol. The summed E-state index contributed by atoms with van der Waals surface area (Å²) in [6, 6.07) is 13.5. The van der Waals surface area contributed by atoms with Gasteiger partial charge in [-0.3, -0.25) is 0 Å². The number of aryl methyl sites for hydroxylation is 2. The van der Waals surface area contributed by atoms with Crippen molar-refractivity contribution in [3.05, 3.63) is 58.7 Å². The zero-order valence-electron chi connectivity index (χ0n) is 28.8. The van der Waals surface area contributed by atoms with Crippen LogP contribution >= 0.6 is 0 Å². The topological polar surface area (TPSA) is 18.5 Å². The lowest BCUT2D eigenvalue weighted by Crippen LogP contribution is -2.17. The van der Waals surface area contributed by atoms with Crippen molar-refractivity contribution in [1.82, 2.24) is 0 Å². The first-order valence-corrected chi connectivity index (χ1v) is 16.6. The number of benzene rings is 2. The van der Waals surface area contributed by atoms with Gasteiger partial charge in [-0.2, -0.15) is 0 Å². The van der Waals surface area contributed by atoms with E-state index in [0.29, 0.717) is 0 Å². The minimum atomic E-state index is 0.219. The second kappa shape index (κ2) is 20.8. The average Bonchev–Trinajstić information content (AvgIpc) is 2.94. The molecule has 0 bridgehead atoms. The lowest BCUT2D eigenvalue weighted by atomic mass is 9.79. The van der Waals surface area contributed by atoms with Gasteiger partial charge in [0.05, 0.1) is 13.2 Å². The van der Waals surface area contributed by atoms with Crippen molar-refractivity contribution < 1.29 is 9.47 Å². The van der Waals surface area contributed by atoms with Crippen molar-refractivity contribution in [3.63, 3.8) is 0 Å². The zero-order valence-corrected chi connectivity index (χ0v) is 28.8. The van der Waals surface area contributed by atoms with E-state index < -0.39 is 0 Å². The van der Waals surface area contributed by atoms with Gasteiger partial charge in [0.1, 0.15) is 11.5 Å². The Morgan fingerprint density at radius 1 is 0.525 bits per heavy atom. The van der Waals surface area contributed by atoms with Gasteiger partial charge in [0, 0.05) is 0 Å². The molecule has 0 spiro atoms. The second-order valence-corrected chi connectivity index (χ2v) is 12.0. The van der Waals surface area contributed by atoms with E-state index >= 15 is 0 Å². The van der Waals surface area contributed by atoms with Crippen molar-refractivity contribution in [2.45, 2.75) is 158 Å². The van der Waals surface area contributed by atoms with Crippen LogP contribution < -0.4 is 9.47 Å². The Morgan fingerprint density at radius 2 is 0.875 bits per heavy atom. The molecule has 0 N–H and O–H groups in total. The Morgan fingerprint density at radius 3 is 1.18 bits per heavy atom. The molecule has 0 aromatic heterocycles. The van der Waals surface area contributed by atoms with Crippen molar-refractivity contribution in [2.75, 3.05) is 13.2 Å². The minimum Gasteiger partial charge on any atom is -0.493 e. The highest BCUT2D eigenvalue weighted by Crippen LogP contribution is 2.33. The van der Waals surface area contributed by atoms with E-state index in [-0.39, 0.29) is 10.8 Å². The predicted octanol–water partition coefficient (Wildman–Crippen LogP) is 12.3. The van der Waals surface area contributed by atoms with Gasteiger partial charge in [-0.25, -0.2) is 0 Å². The van der Waals surface area contributed by atoms with E-state index in [1.165, 1.54) is 73.6 Å². The summed E-state index contributed by atoms with van der Waals surface area (Å²) in [6.07, 6.45) is 12.2. The lowest BCUT2D eigenvalue weighted by Gasteiger charge is -2.26. The molecular weight excluding hydrogens is 488 g/mol. The van der Waals surface area contributed by atoms with Crippen LogP contribution in [0, 0.1) is 13.8 Å². The molecule has 2 aromatic rings. The second-order valence-electron chi connectivity index (χ2n) is 12.0. The van der Waals surface area contributed by atoms with Gasteiger partial charge < -0.3 is 9.47 Å². The number of rotatable bonds is 17. The van der Waals surface area contributed by atoms with Crippen LogP contribution in [0.15, 0.2) is 36.4 Å². The number of unbranched alkanes of at least 4 members (excludes halogenated alkanes) is 5. The van der Waals surface area contributed by atoms with Crippen LogP contribution in [0.2, 0.25) is 0 Å². The van der Waals surface area contributed by atoms with Gasteiger partial charge in [-0.15, -0.1) is 0 Å². The monoisotopic (exact) mass is 555 g/mol. The van der Waals surface area contributed by atoms with Crippen LogP contribution in [-0.2, 0) is 10.8 Å². The number of hydrogen-bond donors (Lipinski definition) is 0. The zero-order chi connectivity index (χ0) is 30.6. The highest BCUT2D eigenvalue weighted by molar-refractivity contribution is 5.40. The fraction of sp³-hybridized carbons (Fsp3) is 0.684. The number of hydrogen-bond acceptors (Lipinski definition) is 2. The highest BCUT2D eigenvalue weighted by Gasteiger charge is 2.22. The standard InChI is InChI=1S/C34H54O2.2C2H6/c1-9-11-13-21-33(5,6)29-17-19-31(27(3)25-29)35-23-15-16-24-36-32-20-18-30(26-28(32)4)34(7,8)22-14-12-10-2;2*1-2/h17-20,25-26H,9-16,21-24H2,1-8H3;2*1-2H3. The fourth-order valence-electron chi connectivity index (χ4n) is 4.96. The Bertz CT molecular complexity index is 834. The summed E-state index contributed by atoms with van der Waals surface area (Å²) >= 11 is 0. The van der Waals surface area contributed by atoms with Gasteiger partial charge in [-0.05, 0) is 84.7 Å². The molecule has 0 amide bonds. The molecule has 0 aliphatic rings. The van der Waals surface area contributed by atoms with E-state index in [2.05, 4.69) is 91.8 Å². The molecule has 2 heteroatoms. The Balaban J connectivity index is 0.00000363. The molecule has 0 aliphatic carbocycles. The molecule has 0 saturated carbocycles. The maximum absolute atomic E-state index is 6.12. The molecule has 230 valence electrons. The lowest BCUT2D eigenvalue weighted by molar-refractivity contribution is 0.264. The van der Waals surface area contributed by atoms with Gasteiger partial charge in [0.15, 0.2) is 0 Å². The molecule has 2 aromatic carbocycles. The van der Waals surface area contributed by atoms with Crippen molar-refractivity contribution >= 4 is 0 Å². The summed E-state index contributed by atoms with van der Waals surface area (Å²) in [7, 11) is 0. The summed E-state index contributed by atoms with van der Waals surface area (Å²) in [5.41, 5.74) is 5.75. The number of ether oxygens (including phenoxy) is 2. The van der Waals surface area contributed by atoms with E-state index in [4.69, 9.17) is 9.47 Å². The Labute approximate surface area is 250 Å². The van der Waals surface area contributed by atoms with Crippen LogP contribution in [0.25, 0.3) is 0 Å².